The predicted octanol–water partition coefficient (Wildman–Crippen LogP) is 5.37. The first-order chi connectivity index (χ1) is 26.9. The van der Waals surface area contributed by atoms with Crippen molar-refractivity contribution in [2.45, 2.75) is 22.9 Å². The van der Waals surface area contributed by atoms with E-state index in [0.717, 1.165) is 21.2 Å². The summed E-state index contributed by atoms with van der Waals surface area (Å²) in [7, 11) is 1.26. The van der Waals surface area contributed by atoms with E-state index in [4.69, 9.17) is 18.9 Å². The second kappa shape index (κ2) is 18.8. The molecule has 0 saturated carbocycles. The molecular formula is C44H38N2O8Se. The predicted molar refractivity (Wildman–Crippen MR) is 209 cm³/mol. The third kappa shape index (κ3) is 9.72. The molecule has 0 fully saturated rings. The van der Waals surface area contributed by atoms with Crippen LogP contribution in [-0.4, -0.2) is 61.3 Å². The number of carbonyl (C=O) groups is 2. The molecule has 1 N–H and O–H groups in total. The van der Waals surface area contributed by atoms with E-state index in [1.54, 1.807) is 30.3 Å². The molecule has 0 unspecified atom stereocenters. The van der Waals surface area contributed by atoms with Crippen molar-refractivity contribution in [3.05, 3.63) is 219 Å². The molecule has 5 aromatic carbocycles. The Morgan fingerprint density at radius 3 is 1.75 bits per heavy atom. The van der Waals surface area contributed by atoms with Crippen LogP contribution < -0.4 is 15.7 Å². The molecule has 0 aliphatic carbocycles. The Labute approximate surface area is 324 Å². The summed E-state index contributed by atoms with van der Waals surface area (Å²) >= 11 is -0.648. The number of methoxy groups -OCH3 is 1. The first-order valence-corrected chi connectivity index (χ1v) is 19.2. The summed E-state index contributed by atoms with van der Waals surface area (Å²) < 4.78 is 27.0. The van der Waals surface area contributed by atoms with E-state index in [0.29, 0.717) is 5.56 Å². The number of benzene rings is 5. The number of hydrogen-bond donors (Lipinski definition) is 1. The number of H-pyrrole nitrogens is 1. The second-order valence-corrected chi connectivity index (χ2v) is 14.6. The van der Waals surface area contributed by atoms with Gasteiger partial charge in [0.15, 0.2) is 0 Å². The Morgan fingerprint density at radius 2 is 1.24 bits per heavy atom. The molecule has 6 aromatic rings. The normalized spacial score (nSPS) is 13.1. The van der Waals surface area contributed by atoms with Crippen molar-refractivity contribution >= 4 is 31.4 Å². The van der Waals surface area contributed by atoms with Gasteiger partial charge in [0, 0.05) is 0 Å². The van der Waals surface area contributed by atoms with Gasteiger partial charge < -0.3 is 0 Å². The van der Waals surface area contributed by atoms with Crippen LogP contribution in [0.5, 0.6) is 0 Å². The Balaban J connectivity index is 1.47. The number of hydrogen-bond acceptors (Lipinski definition) is 8. The van der Waals surface area contributed by atoms with E-state index < -0.39 is 61.1 Å². The number of esters is 2. The van der Waals surface area contributed by atoms with Gasteiger partial charge in [-0.1, -0.05) is 0 Å². The number of aromatic nitrogens is 2. The van der Waals surface area contributed by atoms with Gasteiger partial charge in [-0.2, -0.15) is 0 Å². The minimum atomic E-state index is -1.31. The summed E-state index contributed by atoms with van der Waals surface area (Å²) in [5.74, 6) is -1.28. The molecule has 11 heteroatoms. The summed E-state index contributed by atoms with van der Waals surface area (Å²) in [5, 5.41) is -1.07. The summed E-state index contributed by atoms with van der Waals surface area (Å²) in [6.07, 6.45) is 1.62. The van der Waals surface area contributed by atoms with Crippen molar-refractivity contribution in [1.82, 2.24) is 9.55 Å². The van der Waals surface area contributed by atoms with E-state index in [2.05, 4.69) is 4.98 Å². The molecule has 0 spiro atoms. The average Bonchev–Trinajstić information content (AvgIpc) is 3.23. The van der Waals surface area contributed by atoms with Crippen LogP contribution in [-0.2, 0) is 29.3 Å². The van der Waals surface area contributed by atoms with Gasteiger partial charge in [0.2, 0.25) is 0 Å². The van der Waals surface area contributed by atoms with Gasteiger partial charge >= 0.3 is 325 Å². The van der Waals surface area contributed by atoms with Gasteiger partial charge in [-0.3, -0.25) is 0 Å². The maximum absolute atomic E-state index is 13.7. The molecule has 0 aliphatic rings. The first-order valence-electron chi connectivity index (χ1n) is 17.4. The molecule has 1 aromatic heterocycles. The molecule has 278 valence electrons. The van der Waals surface area contributed by atoms with Gasteiger partial charge in [0.25, 0.3) is 0 Å². The fourth-order valence-electron chi connectivity index (χ4n) is 5.96. The molecule has 0 bridgehead atoms. The van der Waals surface area contributed by atoms with Crippen molar-refractivity contribution in [3.63, 3.8) is 0 Å². The van der Waals surface area contributed by atoms with Gasteiger partial charge in [-0.15, -0.1) is 0 Å². The first kappa shape index (κ1) is 38.6. The summed E-state index contributed by atoms with van der Waals surface area (Å²) in [6.45, 7) is -0.168. The van der Waals surface area contributed by atoms with Crippen LogP contribution in [0.25, 0.3) is 0 Å². The molecule has 0 amide bonds. The third-order valence-electron chi connectivity index (χ3n) is 8.55. The average molecular weight is 802 g/mol. The molecule has 1 heterocycles. The Bertz CT molecular complexity index is 2190. The van der Waals surface area contributed by atoms with Gasteiger partial charge in [-0.25, -0.2) is 0 Å². The molecule has 6 rings (SSSR count). The quantitative estimate of drug-likeness (QED) is 0.0600. The Hall–Kier alpha value is -6.10. The zero-order chi connectivity index (χ0) is 38.5. The molecule has 10 nitrogen and oxygen atoms in total. The zero-order valence-corrected chi connectivity index (χ0v) is 31.5. The monoisotopic (exact) mass is 802 g/mol. The van der Waals surface area contributed by atoms with E-state index >= 15 is 0 Å². The number of carbonyl (C=O) groups excluding carboxylic acids is 2. The van der Waals surface area contributed by atoms with Crippen molar-refractivity contribution in [2.24, 2.45) is 0 Å². The third-order valence-corrected chi connectivity index (χ3v) is 10.9. The van der Waals surface area contributed by atoms with Crippen LogP contribution in [0.15, 0.2) is 186 Å². The van der Waals surface area contributed by atoms with Gasteiger partial charge in [0.05, 0.1) is 0 Å². The SMILES string of the molecule is COC(=O)/C=C\[C@@H](COC(c1ccccc1)(c1ccccc1)c1ccccc1)O[C@H]([C@H](OC(=O)c1ccccc1)[Se]c1ccccc1)n1ccc(=O)[nH]c1=O. The standard InChI is InChI=1S/C44H38N2O8Se/c1-51-39(48)28-27-36(31-52-44(33-19-9-3-10-20-33,34-21-11-4-12-22-34)35-23-13-5-14-24-35)53-40(46-30-29-38(47)45-43(46)50)42(55-37-25-15-6-16-26-37)54-41(49)32-17-7-2-8-18-32/h2-30,36,40,42H,31H2,1H3,(H,45,47,50)/b28-27-/t36-,40+,42+/m0/s1. The molecular weight excluding hydrogens is 763 g/mol. The van der Waals surface area contributed by atoms with E-state index in [9.17, 15) is 19.2 Å². The van der Waals surface area contributed by atoms with Crippen LogP contribution in [0.1, 0.15) is 33.3 Å². The van der Waals surface area contributed by atoms with Crippen LogP contribution >= 0.6 is 0 Å². The summed E-state index contributed by atoms with van der Waals surface area (Å²) in [5.41, 5.74) is 0.229. The van der Waals surface area contributed by atoms with Crippen LogP contribution in [0.4, 0.5) is 0 Å². The fourth-order valence-corrected chi connectivity index (χ4v) is 8.12. The molecule has 0 saturated heterocycles. The van der Waals surface area contributed by atoms with Crippen molar-refractivity contribution in [1.29, 1.82) is 0 Å². The Kier molecular flexibility index (Phi) is 13.2. The second-order valence-electron chi connectivity index (χ2n) is 12.1. The van der Waals surface area contributed by atoms with Crippen molar-refractivity contribution < 1.29 is 28.5 Å². The molecule has 55 heavy (non-hydrogen) atoms. The molecule has 0 radical (unpaired) electrons. The summed E-state index contributed by atoms with van der Waals surface area (Å²) in [6, 6.07) is 48.3. The van der Waals surface area contributed by atoms with Crippen molar-refractivity contribution in [2.75, 3.05) is 13.7 Å². The number of nitrogens with zero attached hydrogens (tertiary/aromatic N) is 1. The number of aromatic amines is 1. The van der Waals surface area contributed by atoms with Crippen LogP contribution in [0.2, 0.25) is 0 Å². The van der Waals surface area contributed by atoms with Crippen molar-refractivity contribution in [3.8, 4) is 0 Å². The molecule has 0 aliphatic heterocycles. The number of ether oxygens (including phenoxy) is 4. The maximum atomic E-state index is 13.7. The van der Waals surface area contributed by atoms with Crippen LogP contribution in [0.3, 0.4) is 0 Å². The minimum absolute atomic E-state index is 0.168. The van der Waals surface area contributed by atoms with E-state index in [1.165, 1.54) is 36.1 Å². The van der Waals surface area contributed by atoms with Gasteiger partial charge in [-0.05, 0) is 0 Å². The summed E-state index contributed by atoms with van der Waals surface area (Å²) in [4.78, 5) is 54.3. The number of rotatable bonds is 16. The zero-order valence-electron chi connectivity index (χ0n) is 29.8. The topological polar surface area (TPSA) is 126 Å². The van der Waals surface area contributed by atoms with Crippen LogP contribution in [0, 0.1) is 0 Å². The Morgan fingerprint density at radius 1 is 0.727 bits per heavy atom. The molecule has 3 atom stereocenters. The number of nitrogens with one attached hydrogen (secondary N) is 1. The fraction of sp³-hybridized carbons (Fsp3) is 0.136. The van der Waals surface area contributed by atoms with E-state index in [-0.39, 0.29) is 6.61 Å². The van der Waals surface area contributed by atoms with E-state index in [1.807, 2.05) is 121 Å². The van der Waals surface area contributed by atoms with Gasteiger partial charge in [0.1, 0.15) is 0 Å².